The minimum atomic E-state index is -4.49. The number of fused-ring (bicyclic) bond motifs is 2. The number of hydrogen-bond acceptors (Lipinski definition) is 4. The molecule has 36 heavy (non-hydrogen) atoms. The van der Waals surface area contributed by atoms with Crippen LogP contribution in [0.2, 0.25) is 0 Å². The number of alkyl halides is 4. The molecule has 0 aliphatic carbocycles. The maximum atomic E-state index is 13.6. The van der Waals surface area contributed by atoms with Gasteiger partial charge in [-0.15, -0.1) is 0 Å². The lowest BCUT2D eigenvalue weighted by atomic mass is 9.97. The Morgan fingerprint density at radius 1 is 1.19 bits per heavy atom. The molecule has 2 atom stereocenters. The van der Waals surface area contributed by atoms with Gasteiger partial charge in [0.15, 0.2) is 0 Å². The first-order valence-corrected chi connectivity index (χ1v) is 11.9. The van der Waals surface area contributed by atoms with Gasteiger partial charge in [0.1, 0.15) is 11.9 Å². The largest absolute Gasteiger partial charge is 0.493 e. The van der Waals surface area contributed by atoms with E-state index >= 15 is 0 Å². The maximum Gasteiger partial charge on any atom is 0.416 e. The molecule has 3 heterocycles. The van der Waals surface area contributed by atoms with Crippen molar-refractivity contribution < 1.29 is 31.9 Å². The number of allylic oxidation sites excluding steroid dienone is 1. The number of anilines is 2. The first kappa shape index (κ1) is 24.3. The topological polar surface area (TPSA) is 70.7 Å². The van der Waals surface area contributed by atoms with Crippen molar-refractivity contribution in [2.24, 2.45) is 0 Å². The van der Waals surface area contributed by atoms with Crippen LogP contribution in [0.15, 0.2) is 42.5 Å². The van der Waals surface area contributed by atoms with Gasteiger partial charge in [-0.05, 0) is 61.1 Å². The van der Waals surface area contributed by atoms with Crippen molar-refractivity contribution in [1.29, 1.82) is 0 Å². The fourth-order valence-electron chi connectivity index (χ4n) is 4.94. The summed E-state index contributed by atoms with van der Waals surface area (Å²) in [6.45, 7) is 1.05. The Morgan fingerprint density at radius 2 is 2.03 bits per heavy atom. The average molecular weight is 503 g/mol. The number of ether oxygens (including phenoxy) is 1. The van der Waals surface area contributed by atoms with E-state index in [1.54, 1.807) is 12.1 Å². The van der Waals surface area contributed by atoms with Gasteiger partial charge in [-0.3, -0.25) is 14.5 Å². The van der Waals surface area contributed by atoms with E-state index in [4.69, 9.17) is 4.74 Å². The van der Waals surface area contributed by atoms with Crippen molar-refractivity contribution in [2.75, 3.05) is 30.3 Å². The molecule has 0 radical (unpaired) electrons. The van der Waals surface area contributed by atoms with Crippen molar-refractivity contribution >= 4 is 28.8 Å². The lowest BCUT2D eigenvalue weighted by Crippen LogP contribution is -2.47. The normalized spacial score (nSPS) is 23.3. The molecule has 0 bridgehead atoms. The van der Waals surface area contributed by atoms with Crippen molar-refractivity contribution in [2.45, 2.75) is 44.1 Å². The van der Waals surface area contributed by atoms with E-state index in [0.29, 0.717) is 54.7 Å². The summed E-state index contributed by atoms with van der Waals surface area (Å²) in [5, 5.41) is 5.62. The van der Waals surface area contributed by atoms with E-state index in [2.05, 4.69) is 10.6 Å². The van der Waals surface area contributed by atoms with Crippen molar-refractivity contribution in [3.63, 3.8) is 0 Å². The van der Waals surface area contributed by atoms with Crippen molar-refractivity contribution in [3.05, 3.63) is 59.2 Å². The smallest absolute Gasteiger partial charge is 0.416 e. The minimum Gasteiger partial charge on any atom is -0.493 e. The molecule has 1 fully saturated rings. The number of nitrogens with one attached hydrogen (secondary N) is 2. The average Bonchev–Trinajstić information content (AvgIpc) is 3.15. The fourth-order valence-corrected chi connectivity index (χ4v) is 4.94. The lowest BCUT2D eigenvalue weighted by molar-refractivity contribution is -0.137. The van der Waals surface area contributed by atoms with Gasteiger partial charge in [-0.2, -0.15) is 13.2 Å². The molecule has 0 spiro atoms. The highest BCUT2D eigenvalue weighted by atomic mass is 19.4. The molecule has 10 heteroatoms. The molecule has 0 aromatic heterocycles. The number of amides is 2. The van der Waals surface area contributed by atoms with E-state index in [1.165, 1.54) is 12.1 Å². The van der Waals surface area contributed by atoms with E-state index in [-0.39, 0.29) is 24.8 Å². The van der Waals surface area contributed by atoms with Crippen LogP contribution in [0.3, 0.4) is 0 Å². The van der Waals surface area contributed by atoms with Crippen LogP contribution in [0.25, 0.3) is 5.57 Å². The second kappa shape index (κ2) is 9.57. The number of likely N-dealkylation sites (tertiary alicyclic amines) is 1. The second-order valence-corrected chi connectivity index (χ2v) is 9.28. The second-order valence-electron chi connectivity index (χ2n) is 9.28. The van der Waals surface area contributed by atoms with E-state index in [0.717, 1.165) is 17.7 Å². The molecule has 1 unspecified atom stereocenters. The molecule has 2 aromatic rings. The summed E-state index contributed by atoms with van der Waals surface area (Å²) in [5.41, 5.74) is 2.19. The van der Waals surface area contributed by atoms with E-state index in [1.807, 2.05) is 11.0 Å². The van der Waals surface area contributed by atoms with Crippen LogP contribution in [0, 0.1) is 0 Å². The predicted molar refractivity (Wildman–Crippen MR) is 126 cm³/mol. The third-order valence-electron chi connectivity index (χ3n) is 6.76. The fraction of sp³-hybridized carbons (Fsp3) is 0.385. The number of benzene rings is 2. The number of carbonyl (C=O) groups is 2. The van der Waals surface area contributed by atoms with Crippen LogP contribution >= 0.6 is 0 Å². The van der Waals surface area contributed by atoms with Gasteiger partial charge >= 0.3 is 6.18 Å². The van der Waals surface area contributed by atoms with Gasteiger partial charge < -0.3 is 15.4 Å². The van der Waals surface area contributed by atoms with Crippen molar-refractivity contribution in [1.82, 2.24) is 4.90 Å². The quantitative estimate of drug-likeness (QED) is 0.466. The standard InChI is InChI=1S/C26H25F4N3O3/c27-18-7-8-33(14-18)22-10-16-3-5-19(13-21(16)32-25(22)35)31-24(34)11-15-2-1-9-36-23-12-17(26(28,29)30)4-6-20(15)23/h3-6,11-13,18,22H,1-2,7-10,14H2,(H,31,34)(H,32,35)/t18-,22?/m0/s1. The summed E-state index contributed by atoms with van der Waals surface area (Å²) in [6.07, 6.45) is -2.11. The highest BCUT2D eigenvalue weighted by Gasteiger charge is 2.36. The summed E-state index contributed by atoms with van der Waals surface area (Å²) >= 11 is 0. The van der Waals surface area contributed by atoms with Gasteiger partial charge in [0.2, 0.25) is 11.8 Å². The van der Waals surface area contributed by atoms with Gasteiger partial charge in [0.05, 0.1) is 18.2 Å². The Balaban J connectivity index is 1.31. The minimum absolute atomic E-state index is 0.101. The van der Waals surface area contributed by atoms with Crippen molar-refractivity contribution in [3.8, 4) is 5.75 Å². The Kier molecular flexibility index (Phi) is 6.46. The number of nitrogens with zero attached hydrogens (tertiary/aromatic N) is 1. The summed E-state index contributed by atoms with van der Waals surface area (Å²) in [4.78, 5) is 27.3. The molecule has 2 amide bonds. The number of carbonyl (C=O) groups excluding carboxylic acids is 2. The van der Waals surface area contributed by atoms with Crippen LogP contribution in [0.4, 0.5) is 28.9 Å². The van der Waals surface area contributed by atoms with Crippen LogP contribution in [-0.2, 0) is 22.2 Å². The molecular weight excluding hydrogens is 478 g/mol. The SMILES string of the molecule is O=C(C=C1CCCOc2cc(C(F)(F)F)ccc21)Nc1ccc2c(c1)NC(=O)C(N1CC[C@H](F)C1)C2. The molecule has 0 saturated carbocycles. The van der Waals surface area contributed by atoms with Gasteiger partial charge in [0.25, 0.3) is 0 Å². The van der Waals surface area contributed by atoms with Crippen LogP contribution < -0.4 is 15.4 Å². The van der Waals surface area contributed by atoms with Crippen LogP contribution in [0.1, 0.15) is 36.0 Å². The van der Waals surface area contributed by atoms with E-state index < -0.39 is 29.9 Å². The number of halogens is 4. The van der Waals surface area contributed by atoms with Gasteiger partial charge in [0, 0.05) is 36.1 Å². The summed E-state index contributed by atoms with van der Waals surface area (Å²) in [5.74, 6) is -0.538. The molecule has 190 valence electrons. The Hall–Kier alpha value is -3.40. The van der Waals surface area contributed by atoms with Crippen LogP contribution in [0.5, 0.6) is 5.75 Å². The zero-order valence-electron chi connectivity index (χ0n) is 19.3. The first-order valence-electron chi connectivity index (χ1n) is 11.9. The number of rotatable bonds is 3. The maximum absolute atomic E-state index is 13.6. The summed E-state index contributed by atoms with van der Waals surface area (Å²) < 4.78 is 58.4. The molecule has 2 N–H and O–H groups in total. The zero-order chi connectivity index (χ0) is 25.4. The van der Waals surface area contributed by atoms with Crippen LogP contribution in [-0.4, -0.2) is 48.6 Å². The first-order chi connectivity index (χ1) is 17.2. The van der Waals surface area contributed by atoms with Gasteiger partial charge in [-0.1, -0.05) is 12.1 Å². The molecular formula is C26H25F4N3O3. The Labute approximate surface area is 205 Å². The Morgan fingerprint density at radius 3 is 2.78 bits per heavy atom. The molecule has 5 rings (SSSR count). The molecule has 3 aliphatic rings. The molecule has 3 aliphatic heterocycles. The summed E-state index contributed by atoms with van der Waals surface area (Å²) in [7, 11) is 0. The molecule has 1 saturated heterocycles. The van der Waals surface area contributed by atoms with Gasteiger partial charge in [-0.25, -0.2) is 4.39 Å². The summed E-state index contributed by atoms with van der Waals surface area (Å²) in [6, 6.07) is 8.07. The lowest BCUT2D eigenvalue weighted by Gasteiger charge is -2.31. The predicted octanol–water partition coefficient (Wildman–Crippen LogP) is 4.81. The third-order valence-corrected chi connectivity index (χ3v) is 6.76. The molecule has 6 nitrogen and oxygen atoms in total. The van der Waals surface area contributed by atoms with E-state index in [9.17, 15) is 27.2 Å². The highest BCUT2D eigenvalue weighted by Crippen LogP contribution is 2.38. The number of hydrogen-bond donors (Lipinski definition) is 2. The monoisotopic (exact) mass is 503 g/mol. The highest BCUT2D eigenvalue weighted by molar-refractivity contribution is 6.05. The molecule has 2 aromatic carbocycles. The Bertz CT molecular complexity index is 1230. The third kappa shape index (κ3) is 5.09. The zero-order valence-corrected chi connectivity index (χ0v) is 19.3.